The van der Waals surface area contributed by atoms with Crippen LogP contribution in [0.1, 0.15) is 45.3 Å². The van der Waals surface area contributed by atoms with Gasteiger partial charge in [0, 0.05) is 24.2 Å². The lowest BCUT2D eigenvalue weighted by atomic mass is 10.0. The topological polar surface area (TPSA) is 103 Å². The molecule has 8 nitrogen and oxygen atoms in total. The molecule has 3 aromatic rings. The van der Waals surface area contributed by atoms with Crippen molar-refractivity contribution >= 4 is 28.7 Å². The van der Waals surface area contributed by atoms with Gasteiger partial charge in [0.15, 0.2) is 0 Å². The number of anilines is 1. The third-order valence-corrected chi connectivity index (χ3v) is 4.79. The molecule has 2 aromatic carbocycles. The van der Waals surface area contributed by atoms with Gasteiger partial charge < -0.3 is 19.9 Å². The molecule has 194 valence electrons. The zero-order chi connectivity index (χ0) is 26.6. The van der Waals surface area contributed by atoms with E-state index in [1.165, 1.54) is 29.1 Å². The third-order valence-electron chi connectivity index (χ3n) is 4.79. The smallest absolute Gasteiger partial charge is 0.420 e. The maximum absolute atomic E-state index is 14.4. The molecule has 0 bridgehead atoms. The van der Waals surface area contributed by atoms with Gasteiger partial charge in [0.05, 0.1) is 35.7 Å². The number of ether oxygens (including phenoxy) is 2. The Hall–Kier alpha value is -3.67. The summed E-state index contributed by atoms with van der Waals surface area (Å²) in [5.41, 5.74) is -0.375. The number of carbonyl (C=O) groups is 2. The number of nitrogens with zero attached hydrogens (tertiary/aromatic N) is 2. The van der Waals surface area contributed by atoms with Gasteiger partial charge in [-0.15, -0.1) is 0 Å². The van der Waals surface area contributed by atoms with Gasteiger partial charge >= 0.3 is 6.09 Å². The predicted octanol–water partition coefficient (Wildman–Crippen LogP) is 5.19. The molecule has 0 saturated carbocycles. The molecule has 2 N–H and O–H groups in total. The van der Waals surface area contributed by atoms with E-state index in [1.807, 2.05) is 0 Å². The molecule has 12 heteroatoms. The van der Waals surface area contributed by atoms with Crippen molar-refractivity contribution in [3.63, 3.8) is 0 Å². The van der Waals surface area contributed by atoms with Gasteiger partial charge in [-0.1, -0.05) is 0 Å². The van der Waals surface area contributed by atoms with Gasteiger partial charge in [-0.25, -0.2) is 31.9 Å². The fourth-order valence-corrected chi connectivity index (χ4v) is 3.27. The molecule has 0 fully saturated rings. The first-order valence-electron chi connectivity index (χ1n) is 10.9. The van der Waals surface area contributed by atoms with Crippen molar-refractivity contribution in [2.75, 3.05) is 11.9 Å². The summed E-state index contributed by atoms with van der Waals surface area (Å²) in [6, 6.07) is 6.00. The second kappa shape index (κ2) is 10.9. The number of amides is 1. The molecular weight excluding hydrogens is 486 g/mol. The number of hydrogen-bond acceptors (Lipinski definition) is 6. The van der Waals surface area contributed by atoms with Crippen molar-refractivity contribution in [2.24, 2.45) is 0 Å². The SMILES string of the molecule is CC(C)(C)OC(=O)n1cnc2cc(NC(=O)CC(O)c3c(F)cc(OCCC(F)F)cc3F)ccc21. The zero-order valence-electron chi connectivity index (χ0n) is 19.7. The van der Waals surface area contributed by atoms with E-state index in [0.29, 0.717) is 11.0 Å². The second-order valence-corrected chi connectivity index (χ2v) is 8.90. The number of fused-ring (bicyclic) bond motifs is 1. The van der Waals surface area contributed by atoms with Crippen LogP contribution in [-0.2, 0) is 9.53 Å². The van der Waals surface area contributed by atoms with E-state index in [-0.39, 0.29) is 11.4 Å². The fraction of sp³-hybridized carbons (Fsp3) is 0.375. The van der Waals surface area contributed by atoms with E-state index in [2.05, 4.69) is 10.3 Å². The summed E-state index contributed by atoms with van der Waals surface area (Å²) >= 11 is 0. The maximum atomic E-state index is 14.4. The zero-order valence-corrected chi connectivity index (χ0v) is 19.7. The minimum atomic E-state index is -2.62. The Balaban J connectivity index is 1.66. The van der Waals surface area contributed by atoms with Gasteiger partial charge in [-0.3, -0.25) is 4.79 Å². The van der Waals surface area contributed by atoms with Crippen LogP contribution in [0.5, 0.6) is 5.75 Å². The van der Waals surface area contributed by atoms with E-state index in [9.17, 15) is 32.3 Å². The number of aliphatic hydroxyl groups is 1. The Labute approximate surface area is 203 Å². The molecule has 0 aliphatic rings. The summed E-state index contributed by atoms with van der Waals surface area (Å²) in [4.78, 5) is 28.8. The molecule has 0 aliphatic heterocycles. The van der Waals surface area contributed by atoms with Crippen molar-refractivity contribution in [1.29, 1.82) is 0 Å². The number of hydrogen-bond donors (Lipinski definition) is 2. The predicted molar refractivity (Wildman–Crippen MR) is 122 cm³/mol. The van der Waals surface area contributed by atoms with E-state index in [4.69, 9.17) is 9.47 Å². The Morgan fingerprint density at radius 3 is 2.42 bits per heavy atom. The van der Waals surface area contributed by atoms with Crippen molar-refractivity contribution < 1.29 is 41.7 Å². The van der Waals surface area contributed by atoms with Crippen LogP contribution < -0.4 is 10.1 Å². The fourth-order valence-electron chi connectivity index (χ4n) is 3.27. The first kappa shape index (κ1) is 26.9. The number of imidazole rings is 1. The Morgan fingerprint density at radius 1 is 1.14 bits per heavy atom. The number of alkyl halides is 2. The lowest BCUT2D eigenvalue weighted by molar-refractivity contribution is -0.118. The van der Waals surface area contributed by atoms with Gasteiger partial charge in [0.2, 0.25) is 12.3 Å². The monoisotopic (exact) mass is 511 g/mol. The van der Waals surface area contributed by atoms with E-state index >= 15 is 0 Å². The minimum absolute atomic E-state index is 0.276. The van der Waals surface area contributed by atoms with Crippen molar-refractivity contribution in [3.05, 3.63) is 53.9 Å². The van der Waals surface area contributed by atoms with Crippen LogP contribution in [0, 0.1) is 11.6 Å². The number of aliphatic hydroxyl groups excluding tert-OH is 1. The lowest BCUT2D eigenvalue weighted by Crippen LogP contribution is -2.26. The Kier molecular flexibility index (Phi) is 8.18. The molecule has 0 saturated heterocycles. The van der Waals surface area contributed by atoms with E-state index in [1.54, 1.807) is 20.8 Å². The number of benzene rings is 2. The molecule has 1 heterocycles. The highest BCUT2D eigenvalue weighted by Crippen LogP contribution is 2.28. The number of carbonyl (C=O) groups excluding carboxylic acids is 2. The highest BCUT2D eigenvalue weighted by atomic mass is 19.3. The first-order valence-corrected chi connectivity index (χ1v) is 10.9. The Morgan fingerprint density at radius 2 is 1.81 bits per heavy atom. The van der Waals surface area contributed by atoms with Gasteiger partial charge in [0.1, 0.15) is 29.3 Å². The molecule has 36 heavy (non-hydrogen) atoms. The molecule has 1 amide bonds. The number of rotatable bonds is 8. The average molecular weight is 511 g/mol. The van der Waals surface area contributed by atoms with Gasteiger partial charge in [-0.05, 0) is 39.0 Å². The summed E-state index contributed by atoms with van der Waals surface area (Å²) < 4.78 is 64.5. The molecule has 1 unspecified atom stereocenters. The van der Waals surface area contributed by atoms with Crippen LogP contribution >= 0.6 is 0 Å². The summed E-state index contributed by atoms with van der Waals surface area (Å²) in [6.45, 7) is 4.73. The van der Waals surface area contributed by atoms with Crippen LogP contribution in [-0.4, -0.2) is 45.3 Å². The van der Waals surface area contributed by atoms with Crippen LogP contribution in [0.25, 0.3) is 11.0 Å². The highest BCUT2D eigenvalue weighted by molar-refractivity contribution is 5.94. The van der Waals surface area contributed by atoms with Crippen molar-refractivity contribution in [3.8, 4) is 5.75 Å². The van der Waals surface area contributed by atoms with Crippen LogP contribution in [0.3, 0.4) is 0 Å². The third kappa shape index (κ3) is 6.94. The van der Waals surface area contributed by atoms with Crippen molar-refractivity contribution in [1.82, 2.24) is 9.55 Å². The number of halogens is 4. The summed E-state index contributed by atoms with van der Waals surface area (Å²) in [5.74, 6) is -3.43. The normalized spacial score (nSPS) is 12.6. The summed E-state index contributed by atoms with van der Waals surface area (Å²) in [5, 5.41) is 12.7. The summed E-state index contributed by atoms with van der Waals surface area (Å²) in [6.07, 6.45) is -5.08. The van der Waals surface area contributed by atoms with Gasteiger partial charge in [-0.2, -0.15) is 0 Å². The molecule has 0 aliphatic carbocycles. The molecule has 1 aromatic heterocycles. The first-order chi connectivity index (χ1) is 16.8. The van der Waals surface area contributed by atoms with Crippen LogP contribution in [0.4, 0.5) is 28.0 Å². The number of aromatic nitrogens is 2. The maximum Gasteiger partial charge on any atom is 0.420 e. The van der Waals surface area contributed by atoms with Crippen LogP contribution in [0.2, 0.25) is 0 Å². The summed E-state index contributed by atoms with van der Waals surface area (Å²) in [7, 11) is 0. The number of nitrogens with one attached hydrogen (secondary N) is 1. The molecule has 3 rings (SSSR count). The highest BCUT2D eigenvalue weighted by Gasteiger charge is 2.23. The van der Waals surface area contributed by atoms with Gasteiger partial charge in [0.25, 0.3) is 0 Å². The minimum Gasteiger partial charge on any atom is -0.493 e. The van der Waals surface area contributed by atoms with Crippen LogP contribution in [0.15, 0.2) is 36.7 Å². The Bertz CT molecular complexity index is 1230. The molecule has 0 spiro atoms. The largest absolute Gasteiger partial charge is 0.493 e. The van der Waals surface area contributed by atoms with Crippen molar-refractivity contribution in [2.45, 2.75) is 51.7 Å². The lowest BCUT2D eigenvalue weighted by Gasteiger charge is -2.19. The average Bonchev–Trinajstić information content (AvgIpc) is 3.15. The van der Waals surface area contributed by atoms with E-state index in [0.717, 1.165) is 12.1 Å². The second-order valence-electron chi connectivity index (χ2n) is 8.90. The standard InChI is InChI=1S/C24H25F4N3O5/c1-24(2,3)36-23(34)31-12-29-17-8-13(4-5-18(17)31)30-21(33)11-19(32)22-15(25)9-14(10-16(22)26)35-7-6-20(27)28/h4-5,8-10,12,19-20,32H,6-7,11H2,1-3H3,(H,30,33). The molecule has 1 atom stereocenters. The molecule has 0 radical (unpaired) electrons. The molecular formula is C24H25F4N3O5. The quantitative estimate of drug-likeness (QED) is 0.404. The van der Waals surface area contributed by atoms with E-state index < -0.39 is 66.8 Å².